The van der Waals surface area contributed by atoms with Crippen molar-refractivity contribution >= 4 is 17.7 Å². The number of ether oxygens (including phenoxy) is 10. The number of Topliss-reactive ketones (excluding diaryl/α,β-unsaturated/α-hetero) is 1. The van der Waals surface area contributed by atoms with Gasteiger partial charge in [-0.3, -0.25) is 14.4 Å². The van der Waals surface area contributed by atoms with Crippen molar-refractivity contribution in [2.45, 2.75) is 212 Å². The van der Waals surface area contributed by atoms with Crippen molar-refractivity contribution in [1.29, 1.82) is 0 Å². The lowest BCUT2D eigenvalue weighted by Gasteiger charge is -2.50. The molecule has 1 N–H and O–H groups in total. The van der Waals surface area contributed by atoms with Crippen LogP contribution in [0.2, 0.25) is 0 Å². The first-order chi connectivity index (χ1) is 35.0. The highest BCUT2D eigenvalue weighted by atomic mass is 16.7. The van der Waals surface area contributed by atoms with Crippen LogP contribution in [0.25, 0.3) is 11.3 Å². The summed E-state index contributed by atoms with van der Waals surface area (Å²) in [6.07, 6.45) is 0.518. The number of rotatable bonds is 20. The monoisotopic (exact) mass is 1040 g/mol. The van der Waals surface area contributed by atoms with Crippen LogP contribution in [0.1, 0.15) is 121 Å². The van der Waals surface area contributed by atoms with Gasteiger partial charge < -0.3 is 61.9 Å². The van der Waals surface area contributed by atoms with Crippen LogP contribution in [0.3, 0.4) is 0 Å². The molecule has 0 amide bonds. The highest BCUT2D eigenvalue weighted by molar-refractivity contribution is 5.83. The molecule has 4 heterocycles. The fourth-order valence-corrected chi connectivity index (χ4v) is 11.7. The van der Waals surface area contributed by atoms with E-state index >= 15 is 9.59 Å². The minimum Gasteiger partial charge on any atom is -0.459 e. The highest BCUT2D eigenvalue weighted by Gasteiger charge is 2.55. The predicted molar refractivity (Wildman–Crippen MR) is 280 cm³/mol. The van der Waals surface area contributed by atoms with E-state index in [0.29, 0.717) is 25.9 Å². The SMILES string of the molecule is C=CCO[C@]1(C)[C@H](CC)OC(=O)[C@H](C)[C@@H](O[C@H]2C[C@@](C)(OC)[C@@H](OC(C)=O)[C@H](C)O2)[C@H](C)[C@@H](OC2O[C@H](C)C[C@H](N(C)C)[C@H]2O)[C@@](C)(OC)C[C@@H](C)C(=O)[C@@H](C)[C@H]1OCCCCCn1cnc(-c2ccccc2)c1. The van der Waals surface area contributed by atoms with E-state index < -0.39 is 108 Å². The van der Waals surface area contributed by atoms with E-state index in [0.717, 1.165) is 30.6 Å². The highest BCUT2D eigenvalue weighted by Crippen LogP contribution is 2.43. The molecule has 1 aromatic heterocycles. The van der Waals surface area contributed by atoms with Gasteiger partial charge in [0, 0.05) is 76.3 Å². The fraction of sp³-hybridized carbons (Fsp3) is 0.754. The van der Waals surface area contributed by atoms with Gasteiger partial charge in [-0.2, -0.15) is 0 Å². The lowest BCUT2D eigenvalue weighted by atomic mass is 9.73. The number of aliphatic hydroxyl groups is 1. The molecule has 2 aromatic rings. The zero-order valence-corrected chi connectivity index (χ0v) is 47.2. The Kier molecular flexibility index (Phi) is 22.4. The van der Waals surface area contributed by atoms with Crippen molar-refractivity contribution in [1.82, 2.24) is 14.5 Å². The number of unbranched alkanes of at least 4 members (excludes halogenated alkanes) is 2. The lowest BCUT2D eigenvalue weighted by molar-refractivity contribution is -0.320. The number of benzene rings is 1. The first-order valence-corrected chi connectivity index (χ1v) is 26.9. The number of carbonyl (C=O) groups excluding carboxylic acids is 3. The fourth-order valence-electron chi connectivity index (χ4n) is 11.7. The Bertz CT molecular complexity index is 2090. The summed E-state index contributed by atoms with van der Waals surface area (Å²) >= 11 is 0. The number of carbonyl (C=O) groups is 3. The maximum atomic E-state index is 15.2. The summed E-state index contributed by atoms with van der Waals surface area (Å²) in [6, 6.07) is 9.78. The van der Waals surface area contributed by atoms with Crippen molar-refractivity contribution in [2.75, 3.05) is 41.5 Å². The number of methoxy groups -OCH3 is 2. The molecule has 0 spiro atoms. The van der Waals surface area contributed by atoms with Gasteiger partial charge >= 0.3 is 11.9 Å². The van der Waals surface area contributed by atoms with Crippen LogP contribution in [0, 0.1) is 23.7 Å². The second kappa shape index (κ2) is 27.1. The minimum absolute atomic E-state index is 0.0992. The summed E-state index contributed by atoms with van der Waals surface area (Å²) in [5.74, 6) is -4.27. The quantitative estimate of drug-likeness (QED) is 0.0764. The number of aliphatic hydroxyl groups excluding tert-OH is 1. The summed E-state index contributed by atoms with van der Waals surface area (Å²) in [4.78, 5) is 49.2. The zero-order chi connectivity index (χ0) is 54.7. The van der Waals surface area contributed by atoms with Crippen molar-refractivity contribution in [3.05, 3.63) is 55.5 Å². The van der Waals surface area contributed by atoms with Gasteiger partial charge in [0.25, 0.3) is 0 Å². The molecule has 0 radical (unpaired) electrons. The third-order valence-electron chi connectivity index (χ3n) is 16.0. The molecule has 0 aliphatic carbocycles. The summed E-state index contributed by atoms with van der Waals surface area (Å²) in [7, 11) is 6.92. The van der Waals surface area contributed by atoms with Crippen LogP contribution in [-0.2, 0) is 68.3 Å². The number of hydrogen-bond donors (Lipinski definition) is 1. The molecule has 1 unspecified atom stereocenters. The van der Waals surface area contributed by atoms with Gasteiger partial charge in [-0.05, 0) is 94.2 Å². The summed E-state index contributed by atoms with van der Waals surface area (Å²) < 4.78 is 67.6. The molecule has 418 valence electrons. The van der Waals surface area contributed by atoms with Crippen molar-refractivity contribution in [3.63, 3.8) is 0 Å². The smallest absolute Gasteiger partial charge is 0.311 e. The number of likely N-dealkylation sites (N-methyl/N-ethyl adjacent to an activating group) is 1. The molecular formula is C57H91N3O14. The first-order valence-electron chi connectivity index (χ1n) is 26.9. The molecule has 0 bridgehead atoms. The second-order valence-corrected chi connectivity index (χ2v) is 22.0. The van der Waals surface area contributed by atoms with E-state index in [4.69, 9.17) is 47.4 Å². The minimum atomic E-state index is -1.33. The molecule has 17 nitrogen and oxygen atoms in total. The molecule has 3 fully saturated rings. The van der Waals surface area contributed by atoms with Crippen molar-refractivity contribution in [2.24, 2.45) is 23.7 Å². The Morgan fingerprint density at radius 3 is 2.22 bits per heavy atom. The third kappa shape index (κ3) is 14.7. The largest absolute Gasteiger partial charge is 0.459 e. The molecule has 1 aromatic carbocycles. The van der Waals surface area contributed by atoms with Gasteiger partial charge in [-0.15, -0.1) is 6.58 Å². The Balaban J connectivity index is 1.53. The molecule has 74 heavy (non-hydrogen) atoms. The van der Waals surface area contributed by atoms with E-state index in [2.05, 4.69) is 22.3 Å². The van der Waals surface area contributed by atoms with Crippen LogP contribution in [-0.4, -0.2) is 163 Å². The predicted octanol–water partition coefficient (Wildman–Crippen LogP) is 7.98. The lowest BCUT2D eigenvalue weighted by Crippen LogP contribution is -2.62. The molecule has 18 atom stereocenters. The van der Waals surface area contributed by atoms with Crippen LogP contribution in [0.5, 0.6) is 0 Å². The Morgan fingerprint density at radius 2 is 1.59 bits per heavy atom. The summed E-state index contributed by atoms with van der Waals surface area (Å²) in [6.45, 7) is 25.1. The topological polar surface area (TPSA) is 185 Å². The Morgan fingerprint density at radius 1 is 0.919 bits per heavy atom. The summed E-state index contributed by atoms with van der Waals surface area (Å²) in [5.41, 5.74) is -1.65. The number of aryl methyl sites for hydroxylation is 1. The van der Waals surface area contributed by atoms with Gasteiger partial charge in [0.15, 0.2) is 18.7 Å². The van der Waals surface area contributed by atoms with Gasteiger partial charge in [0.05, 0.1) is 60.7 Å². The van der Waals surface area contributed by atoms with Gasteiger partial charge in [-0.1, -0.05) is 64.1 Å². The number of ketones is 1. The average Bonchev–Trinajstić information content (AvgIpc) is 3.85. The van der Waals surface area contributed by atoms with Gasteiger partial charge in [-0.25, -0.2) is 4.98 Å². The van der Waals surface area contributed by atoms with Crippen LogP contribution in [0.15, 0.2) is 55.5 Å². The normalized spacial score (nSPS) is 37.8. The number of cyclic esters (lactones) is 1. The number of esters is 2. The van der Waals surface area contributed by atoms with E-state index in [1.54, 1.807) is 34.1 Å². The number of nitrogens with zero attached hydrogens (tertiary/aromatic N) is 3. The molecule has 5 rings (SSSR count). The maximum absolute atomic E-state index is 15.2. The van der Waals surface area contributed by atoms with Crippen LogP contribution < -0.4 is 0 Å². The second-order valence-electron chi connectivity index (χ2n) is 22.0. The van der Waals surface area contributed by atoms with E-state index in [9.17, 15) is 9.90 Å². The van der Waals surface area contributed by atoms with Gasteiger partial charge in [0.1, 0.15) is 29.2 Å². The third-order valence-corrected chi connectivity index (χ3v) is 16.0. The Labute approximate surface area is 441 Å². The summed E-state index contributed by atoms with van der Waals surface area (Å²) in [5, 5.41) is 11.9. The molecule has 3 aliphatic rings. The maximum Gasteiger partial charge on any atom is 0.311 e. The van der Waals surface area contributed by atoms with Gasteiger partial charge in [0.2, 0.25) is 0 Å². The van der Waals surface area contributed by atoms with Crippen molar-refractivity contribution < 1.29 is 66.9 Å². The molecule has 3 saturated heterocycles. The zero-order valence-electron chi connectivity index (χ0n) is 47.2. The Hall–Kier alpha value is -3.62. The first kappa shape index (κ1) is 61.2. The number of imidazole rings is 1. The molecule has 3 aliphatic heterocycles. The van der Waals surface area contributed by atoms with E-state index in [1.165, 1.54) is 6.92 Å². The number of aromatic nitrogens is 2. The molecule has 0 saturated carbocycles. The van der Waals surface area contributed by atoms with E-state index in [-0.39, 0.29) is 37.4 Å². The molecule has 17 heteroatoms. The van der Waals surface area contributed by atoms with Crippen LogP contribution in [0.4, 0.5) is 0 Å². The standard InChI is InChI=1S/C57H91N3O14/c1-17-28-68-57(12)45(18-2)72-53(64)39(7)49(73-46-32-56(11,66-16)52(40(8)70-46)71-41(9)61)38(6)50(74-54-48(63)44(59(13)14)30-36(4)69-54)55(10,65-15)31-35(3)47(62)37(5)51(57)67-29-24-20-23-27-60-33-43(58-34-60)42-25-21-19-22-26-42/h17,19,21-22,25-26,33-40,44-46,48-52,54,63H,1,18,20,23-24,27-32H2,2-16H3/t35-,36-,37-,38+,39-,40+,44+,45+,46+,48-,49+,50-,51-,52+,54?,55+,56-,57-/m1/s1. The average molecular weight is 1040 g/mol. The van der Waals surface area contributed by atoms with E-state index in [1.807, 2.05) is 111 Å². The number of hydrogen-bond acceptors (Lipinski definition) is 16. The molecular weight excluding hydrogens is 951 g/mol. The van der Waals surface area contributed by atoms with Crippen LogP contribution >= 0.6 is 0 Å². The van der Waals surface area contributed by atoms with Crippen molar-refractivity contribution in [3.8, 4) is 11.3 Å².